The van der Waals surface area contributed by atoms with Gasteiger partial charge in [0.05, 0.1) is 9.40 Å². The highest BCUT2D eigenvalue weighted by molar-refractivity contribution is 9.10. The third-order valence-electron chi connectivity index (χ3n) is 2.79. The van der Waals surface area contributed by atoms with Gasteiger partial charge in [0.2, 0.25) is 0 Å². The van der Waals surface area contributed by atoms with Crippen molar-refractivity contribution < 1.29 is 14.5 Å². The lowest BCUT2D eigenvalue weighted by atomic mass is 10.2. The van der Waals surface area contributed by atoms with Crippen LogP contribution < -0.4 is 10.1 Å². The minimum atomic E-state index is -0.518. The van der Waals surface area contributed by atoms with Crippen LogP contribution in [0.4, 0.5) is 11.4 Å². The highest BCUT2D eigenvalue weighted by Gasteiger charge is 2.09. The number of nitrogens with zero attached hydrogens (tertiary/aromatic N) is 1. The maximum absolute atomic E-state index is 11.8. The van der Waals surface area contributed by atoms with Gasteiger partial charge in [0.15, 0.2) is 6.61 Å². The van der Waals surface area contributed by atoms with Crippen molar-refractivity contribution in [3.05, 3.63) is 62.6 Å². The lowest BCUT2D eigenvalue weighted by molar-refractivity contribution is -0.384. The van der Waals surface area contributed by atoms with Gasteiger partial charge in [-0.1, -0.05) is 12.1 Å². The number of hydrogen-bond acceptors (Lipinski definition) is 4. The average Bonchev–Trinajstić information content (AvgIpc) is 2.46. The molecule has 0 bridgehead atoms. The lowest BCUT2D eigenvalue weighted by Crippen LogP contribution is -2.20. The molecule has 7 heteroatoms. The van der Waals surface area contributed by atoms with Crippen molar-refractivity contribution >= 4 is 33.2 Å². The Bertz CT molecular complexity index is 718. The molecule has 0 saturated heterocycles. The van der Waals surface area contributed by atoms with Crippen molar-refractivity contribution in [1.82, 2.24) is 0 Å². The molecule has 0 aliphatic rings. The second-order valence-electron chi connectivity index (χ2n) is 4.58. The zero-order valence-electron chi connectivity index (χ0n) is 11.7. The maximum Gasteiger partial charge on any atom is 0.271 e. The molecule has 22 heavy (non-hydrogen) atoms. The Balaban J connectivity index is 1.95. The number of nitro benzene ring substituents is 1. The van der Waals surface area contributed by atoms with E-state index in [1.807, 2.05) is 19.1 Å². The minimum Gasteiger partial charge on any atom is -0.483 e. The largest absolute Gasteiger partial charge is 0.483 e. The van der Waals surface area contributed by atoms with E-state index in [1.54, 1.807) is 12.1 Å². The summed E-state index contributed by atoms with van der Waals surface area (Å²) in [5, 5.41) is 13.2. The molecule has 0 spiro atoms. The SMILES string of the molecule is Cc1ccc(OCC(=O)Nc2cccc([N+](=O)[O-])c2)c(Br)c1. The van der Waals surface area contributed by atoms with E-state index in [-0.39, 0.29) is 12.3 Å². The molecular formula is C15H13BrN2O4. The number of hydrogen-bond donors (Lipinski definition) is 1. The summed E-state index contributed by atoms with van der Waals surface area (Å²) in [6, 6.07) is 11.2. The molecule has 2 rings (SSSR count). The Labute approximate surface area is 135 Å². The summed E-state index contributed by atoms with van der Waals surface area (Å²) in [4.78, 5) is 22.0. The number of nitro groups is 1. The van der Waals surface area contributed by atoms with Gasteiger partial charge in [-0.25, -0.2) is 0 Å². The van der Waals surface area contributed by atoms with Crippen LogP contribution in [-0.4, -0.2) is 17.4 Å². The molecule has 1 N–H and O–H groups in total. The van der Waals surface area contributed by atoms with E-state index in [4.69, 9.17) is 4.74 Å². The highest BCUT2D eigenvalue weighted by atomic mass is 79.9. The molecule has 0 aliphatic heterocycles. The Morgan fingerprint density at radius 2 is 2.09 bits per heavy atom. The van der Waals surface area contributed by atoms with Crippen molar-refractivity contribution in [2.24, 2.45) is 0 Å². The van der Waals surface area contributed by atoms with Crippen LogP contribution in [-0.2, 0) is 4.79 Å². The van der Waals surface area contributed by atoms with Crippen molar-refractivity contribution in [3.8, 4) is 5.75 Å². The first-order valence-corrected chi connectivity index (χ1v) is 7.18. The number of halogens is 1. The number of rotatable bonds is 5. The molecule has 2 aromatic carbocycles. The highest BCUT2D eigenvalue weighted by Crippen LogP contribution is 2.25. The standard InChI is InChI=1S/C15H13BrN2O4/c1-10-5-6-14(13(16)7-10)22-9-15(19)17-11-3-2-4-12(8-11)18(20)21/h2-8H,9H2,1H3,(H,17,19). The molecule has 0 aromatic heterocycles. The van der Waals surface area contributed by atoms with Crippen LogP contribution in [0.25, 0.3) is 0 Å². The molecule has 0 saturated carbocycles. The van der Waals surface area contributed by atoms with Crippen LogP contribution in [0.5, 0.6) is 5.75 Å². The van der Waals surface area contributed by atoms with E-state index in [2.05, 4.69) is 21.2 Å². The number of ether oxygens (including phenoxy) is 1. The number of nitrogens with one attached hydrogen (secondary N) is 1. The Hall–Kier alpha value is -2.41. The number of anilines is 1. The topological polar surface area (TPSA) is 81.5 Å². The number of non-ortho nitro benzene ring substituents is 1. The van der Waals surface area contributed by atoms with Gasteiger partial charge in [-0.05, 0) is 46.6 Å². The lowest BCUT2D eigenvalue weighted by Gasteiger charge is -2.09. The van der Waals surface area contributed by atoms with Gasteiger partial charge in [0.1, 0.15) is 5.75 Å². The van der Waals surface area contributed by atoms with E-state index in [1.165, 1.54) is 18.2 Å². The summed E-state index contributed by atoms with van der Waals surface area (Å²) in [6.07, 6.45) is 0. The van der Waals surface area contributed by atoms with E-state index in [9.17, 15) is 14.9 Å². The summed E-state index contributed by atoms with van der Waals surface area (Å²) in [7, 11) is 0. The molecule has 0 fully saturated rings. The summed E-state index contributed by atoms with van der Waals surface area (Å²) in [5.74, 6) is 0.160. The Kier molecular flexibility index (Phi) is 5.11. The van der Waals surface area contributed by atoms with Crippen LogP contribution in [0.2, 0.25) is 0 Å². The second-order valence-corrected chi connectivity index (χ2v) is 5.43. The van der Waals surface area contributed by atoms with Gasteiger partial charge < -0.3 is 10.1 Å². The first-order chi connectivity index (χ1) is 10.5. The molecule has 0 unspecified atom stereocenters. The summed E-state index contributed by atoms with van der Waals surface area (Å²) < 4.78 is 6.17. The quantitative estimate of drug-likeness (QED) is 0.647. The number of benzene rings is 2. The van der Waals surface area contributed by atoms with E-state index < -0.39 is 10.8 Å². The fourth-order valence-electron chi connectivity index (χ4n) is 1.76. The summed E-state index contributed by atoms with van der Waals surface area (Å²) >= 11 is 3.36. The van der Waals surface area contributed by atoms with Crippen molar-refractivity contribution in [1.29, 1.82) is 0 Å². The van der Waals surface area contributed by atoms with Crippen LogP contribution in [0.3, 0.4) is 0 Å². The van der Waals surface area contributed by atoms with Gasteiger partial charge in [-0.15, -0.1) is 0 Å². The summed E-state index contributed by atoms with van der Waals surface area (Å²) in [5.41, 5.74) is 1.34. The fourth-order valence-corrected chi connectivity index (χ4v) is 2.37. The monoisotopic (exact) mass is 364 g/mol. The third-order valence-corrected chi connectivity index (χ3v) is 3.41. The molecule has 114 valence electrons. The van der Waals surface area contributed by atoms with Crippen LogP contribution in [0.1, 0.15) is 5.56 Å². The average molecular weight is 365 g/mol. The normalized spacial score (nSPS) is 10.1. The van der Waals surface area contributed by atoms with Crippen LogP contribution in [0.15, 0.2) is 46.9 Å². The number of carbonyl (C=O) groups is 1. The second kappa shape index (κ2) is 7.04. The number of aryl methyl sites for hydroxylation is 1. The first-order valence-electron chi connectivity index (χ1n) is 6.39. The zero-order valence-corrected chi connectivity index (χ0v) is 13.3. The molecular weight excluding hydrogens is 352 g/mol. The summed E-state index contributed by atoms with van der Waals surface area (Å²) in [6.45, 7) is 1.76. The van der Waals surface area contributed by atoms with Gasteiger partial charge >= 0.3 is 0 Å². The molecule has 2 aromatic rings. The van der Waals surface area contributed by atoms with Gasteiger partial charge in [0.25, 0.3) is 11.6 Å². The van der Waals surface area contributed by atoms with E-state index in [0.29, 0.717) is 11.4 Å². The van der Waals surface area contributed by atoms with Crippen molar-refractivity contribution in [2.45, 2.75) is 6.92 Å². The number of amides is 1. The third kappa shape index (κ3) is 4.29. The molecule has 1 amide bonds. The predicted molar refractivity (Wildman–Crippen MR) is 86.1 cm³/mol. The first kappa shape index (κ1) is 16.0. The van der Waals surface area contributed by atoms with Gasteiger partial charge in [-0.3, -0.25) is 14.9 Å². The smallest absolute Gasteiger partial charge is 0.271 e. The van der Waals surface area contributed by atoms with Crippen LogP contribution >= 0.6 is 15.9 Å². The molecule has 0 radical (unpaired) electrons. The molecule has 0 heterocycles. The fraction of sp³-hybridized carbons (Fsp3) is 0.133. The number of carbonyl (C=O) groups excluding carboxylic acids is 1. The van der Waals surface area contributed by atoms with Crippen molar-refractivity contribution in [3.63, 3.8) is 0 Å². The predicted octanol–water partition coefficient (Wildman–Crippen LogP) is 3.68. The minimum absolute atomic E-state index is 0.0833. The van der Waals surface area contributed by atoms with Gasteiger partial charge in [0, 0.05) is 17.8 Å². The van der Waals surface area contributed by atoms with E-state index >= 15 is 0 Å². The maximum atomic E-state index is 11.8. The molecule has 0 aliphatic carbocycles. The van der Waals surface area contributed by atoms with Crippen molar-refractivity contribution in [2.75, 3.05) is 11.9 Å². The Morgan fingerprint density at radius 1 is 1.32 bits per heavy atom. The molecule has 0 atom stereocenters. The Morgan fingerprint density at radius 3 is 2.77 bits per heavy atom. The molecule has 6 nitrogen and oxygen atoms in total. The van der Waals surface area contributed by atoms with Gasteiger partial charge in [-0.2, -0.15) is 0 Å². The zero-order chi connectivity index (χ0) is 16.1. The van der Waals surface area contributed by atoms with Crippen LogP contribution in [0, 0.1) is 17.0 Å². The van der Waals surface area contributed by atoms with E-state index in [0.717, 1.165) is 10.0 Å².